The number of carboxylic acid groups (broad SMARTS) is 1. The normalized spacial score (nSPS) is 36.5. The Hall–Kier alpha value is -0.460. The average Bonchev–Trinajstić information content (AvgIpc) is 2.36. The van der Waals surface area contributed by atoms with Crippen LogP contribution in [0, 0.1) is 0 Å². The molecule has 0 bridgehead atoms. The van der Waals surface area contributed by atoms with Crippen molar-refractivity contribution < 1.29 is 14.7 Å². The van der Waals surface area contributed by atoms with Gasteiger partial charge in [-0.2, -0.15) is 0 Å². The number of unbranched alkanes of at least 4 members (excludes halogenated alkanes) is 2. The molecule has 2 heterocycles. The first-order valence-corrected chi connectivity index (χ1v) is 8.33. The Labute approximate surface area is 128 Å². The van der Waals surface area contributed by atoms with Gasteiger partial charge in [-0.05, 0) is 19.9 Å². The topological polar surface area (TPSA) is 69.6 Å². The number of alkyl halides is 1. The lowest BCUT2D eigenvalue weighted by Gasteiger charge is -2.60. The summed E-state index contributed by atoms with van der Waals surface area (Å²) in [5.41, 5.74) is 0. The molecular formula is C13H21ClN2O3S. The number of nitrogens with one attached hydrogen (secondary N) is 1. The smallest absolute Gasteiger partial charge is 0.328 e. The van der Waals surface area contributed by atoms with Gasteiger partial charge in [0, 0.05) is 5.75 Å². The third-order valence-electron chi connectivity index (χ3n) is 3.89. The zero-order valence-corrected chi connectivity index (χ0v) is 13.4. The largest absolute Gasteiger partial charge is 0.480 e. The van der Waals surface area contributed by atoms with Crippen LogP contribution in [0.5, 0.6) is 0 Å². The number of carbonyl (C=O) groups excluding carboxylic acids is 1. The van der Waals surface area contributed by atoms with Gasteiger partial charge in [-0.1, -0.05) is 19.8 Å². The van der Waals surface area contributed by atoms with Crippen LogP contribution in [-0.4, -0.2) is 50.1 Å². The van der Waals surface area contributed by atoms with Crippen LogP contribution in [0.25, 0.3) is 0 Å². The molecule has 0 aliphatic carbocycles. The first kappa shape index (κ1) is 15.9. The molecule has 3 atom stereocenters. The zero-order valence-electron chi connectivity index (χ0n) is 11.8. The van der Waals surface area contributed by atoms with Crippen molar-refractivity contribution in [3.05, 3.63) is 0 Å². The molecule has 0 aromatic rings. The lowest BCUT2D eigenvalue weighted by molar-refractivity contribution is -0.169. The van der Waals surface area contributed by atoms with E-state index in [9.17, 15) is 14.7 Å². The summed E-state index contributed by atoms with van der Waals surface area (Å²) in [5.74, 6) is -0.661. The fraction of sp³-hybridized carbons (Fsp3) is 0.846. The van der Waals surface area contributed by atoms with Gasteiger partial charge in [0.1, 0.15) is 0 Å². The molecule has 2 rings (SSSR count). The van der Waals surface area contributed by atoms with Crippen molar-refractivity contribution >= 4 is 35.2 Å². The molecule has 0 saturated carbocycles. The van der Waals surface area contributed by atoms with Gasteiger partial charge in [0.2, 0.25) is 5.91 Å². The highest BCUT2D eigenvalue weighted by atomic mass is 35.5. The van der Waals surface area contributed by atoms with Gasteiger partial charge in [0.25, 0.3) is 0 Å². The Kier molecular flexibility index (Phi) is 4.56. The van der Waals surface area contributed by atoms with Crippen molar-refractivity contribution in [3.8, 4) is 0 Å². The van der Waals surface area contributed by atoms with Gasteiger partial charge in [0.15, 0.2) is 11.0 Å². The van der Waals surface area contributed by atoms with E-state index in [1.165, 1.54) is 4.90 Å². The summed E-state index contributed by atoms with van der Waals surface area (Å²) in [4.78, 5) is 23.4. The standard InChI is InChI=1S/C13H21ClN2O3S/c1-3-4-5-6-15-13-7-9(17)16(13)10(11(18)19)12(2,14)8-20-13/h10,15H,3-8H2,1-2H3,(H,18,19)/t10?,12?,13-/m0/s1. The minimum atomic E-state index is -1.03. The maximum atomic E-state index is 11.9. The zero-order chi connectivity index (χ0) is 15.0. The first-order chi connectivity index (χ1) is 9.34. The number of hydrogen-bond donors (Lipinski definition) is 2. The summed E-state index contributed by atoms with van der Waals surface area (Å²) in [6, 6.07) is -0.967. The third kappa shape index (κ3) is 2.65. The quantitative estimate of drug-likeness (QED) is 0.444. The van der Waals surface area contributed by atoms with E-state index < -0.39 is 21.9 Å². The van der Waals surface area contributed by atoms with E-state index in [-0.39, 0.29) is 5.91 Å². The van der Waals surface area contributed by atoms with Crippen molar-refractivity contribution in [3.63, 3.8) is 0 Å². The van der Waals surface area contributed by atoms with Gasteiger partial charge in [-0.3, -0.25) is 15.0 Å². The summed E-state index contributed by atoms with van der Waals surface area (Å²) in [6.07, 6.45) is 3.62. The van der Waals surface area contributed by atoms with Crippen LogP contribution in [0.4, 0.5) is 0 Å². The first-order valence-electron chi connectivity index (χ1n) is 6.97. The van der Waals surface area contributed by atoms with Crippen LogP contribution in [0.3, 0.4) is 0 Å². The molecular weight excluding hydrogens is 300 g/mol. The second kappa shape index (κ2) is 5.73. The average molecular weight is 321 g/mol. The SMILES string of the molecule is CCCCCN[C@@]12CC(=O)N1C(C(=O)O)C(C)(Cl)CS2. The highest BCUT2D eigenvalue weighted by molar-refractivity contribution is 8.00. The summed E-state index contributed by atoms with van der Waals surface area (Å²) in [7, 11) is 0. The van der Waals surface area contributed by atoms with Gasteiger partial charge in [-0.15, -0.1) is 23.4 Å². The second-order valence-corrected chi connectivity index (χ2v) is 7.78. The number of halogens is 1. The molecule has 2 unspecified atom stereocenters. The van der Waals surface area contributed by atoms with E-state index >= 15 is 0 Å². The van der Waals surface area contributed by atoms with E-state index in [0.29, 0.717) is 12.2 Å². The summed E-state index contributed by atoms with van der Waals surface area (Å²) in [6.45, 7) is 4.61. The number of thioether (sulfide) groups is 1. The Morgan fingerprint density at radius 2 is 2.30 bits per heavy atom. The van der Waals surface area contributed by atoms with Crippen molar-refractivity contribution in [2.75, 3.05) is 12.3 Å². The molecule has 2 aliphatic heterocycles. The lowest BCUT2D eigenvalue weighted by atomic mass is 9.94. The Balaban J connectivity index is 2.11. The molecule has 7 heteroatoms. The van der Waals surface area contributed by atoms with Crippen LogP contribution < -0.4 is 5.32 Å². The number of nitrogens with zero attached hydrogens (tertiary/aromatic N) is 1. The monoisotopic (exact) mass is 320 g/mol. The fourth-order valence-corrected chi connectivity index (χ4v) is 4.60. The molecule has 2 N–H and O–H groups in total. The van der Waals surface area contributed by atoms with Crippen molar-refractivity contribution in [2.45, 2.75) is 55.4 Å². The molecule has 2 saturated heterocycles. The molecule has 0 aromatic heterocycles. The van der Waals surface area contributed by atoms with Crippen molar-refractivity contribution in [2.24, 2.45) is 0 Å². The van der Waals surface area contributed by atoms with Gasteiger partial charge in [0.05, 0.1) is 11.3 Å². The molecule has 0 spiro atoms. The number of β-lactam (4-membered cyclic amide) rings is 1. The van der Waals surface area contributed by atoms with E-state index in [1.807, 2.05) is 0 Å². The fourth-order valence-electron chi connectivity index (χ4n) is 2.79. The molecule has 2 aliphatic rings. The Morgan fingerprint density at radius 1 is 1.60 bits per heavy atom. The predicted molar refractivity (Wildman–Crippen MR) is 79.9 cm³/mol. The predicted octanol–water partition coefficient (Wildman–Crippen LogP) is 1.85. The van der Waals surface area contributed by atoms with Gasteiger partial charge < -0.3 is 5.11 Å². The van der Waals surface area contributed by atoms with E-state index in [2.05, 4.69) is 12.2 Å². The third-order valence-corrected chi connectivity index (χ3v) is 6.09. The maximum Gasteiger partial charge on any atom is 0.328 e. The highest BCUT2D eigenvalue weighted by Crippen LogP contribution is 2.50. The number of aliphatic carboxylic acids is 1. The molecule has 2 fully saturated rings. The number of hydrogen-bond acceptors (Lipinski definition) is 4. The number of amides is 1. The van der Waals surface area contributed by atoms with Crippen LogP contribution in [0.15, 0.2) is 0 Å². The van der Waals surface area contributed by atoms with Crippen LogP contribution in [0.2, 0.25) is 0 Å². The summed E-state index contributed by atoms with van der Waals surface area (Å²) >= 11 is 7.86. The van der Waals surface area contributed by atoms with Crippen LogP contribution in [-0.2, 0) is 9.59 Å². The molecule has 0 radical (unpaired) electrons. The molecule has 20 heavy (non-hydrogen) atoms. The minimum Gasteiger partial charge on any atom is -0.480 e. The van der Waals surface area contributed by atoms with E-state index in [0.717, 1.165) is 25.8 Å². The number of carboxylic acids is 1. The molecule has 1 amide bonds. The molecule has 114 valence electrons. The minimum absolute atomic E-state index is 0.139. The maximum absolute atomic E-state index is 11.9. The molecule has 0 aromatic carbocycles. The van der Waals surface area contributed by atoms with Gasteiger partial charge in [-0.25, -0.2) is 4.79 Å². The number of rotatable bonds is 6. The summed E-state index contributed by atoms with van der Waals surface area (Å²) < 4.78 is 0. The number of carbonyl (C=O) groups is 2. The molecule has 5 nitrogen and oxygen atoms in total. The van der Waals surface area contributed by atoms with Gasteiger partial charge >= 0.3 is 5.97 Å². The van der Waals surface area contributed by atoms with Crippen molar-refractivity contribution in [1.29, 1.82) is 0 Å². The van der Waals surface area contributed by atoms with Crippen molar-refractivity contribution in [1.82, 2.24) is 10.2 Å². The lowest BCUT2D eigenvalue weighted by Crippen LogP contribution is -2.78. The summed E-state index contributed by atoms with van der Waals surface area (Å²) in [5, 5.41) is 12.8. The van der Waals surface area contributed by atoms with Crippen LogP contribution >= 0.6 is 23.4 Å². The second-order valence-electron chi connectivity index (χ2n) is 5.67. The Morgan fingerprint density at radius 3 is 2.85 bits per heavy atom. The van der Waals surface area contributed by atoms with E-state index in [1.54, 1.807) is 18.7 Å². The van der Waals surface area contributed by atoms with Crippen LogP contribution in [0.1, 0.15) is 39.5 Å². The van der Waals surface area contributed by atoms with E-state index in [4.69, 9.17) is 11.6 Å². The highest BCUT2D eigenvalue weighted by Gasteiger charge is 2.63. The Bertz CT molecular complexity index is 418. The number of fused-ring (bicyclic) bond motifs is 1.